The molecule has 1 aromatic heterocycles. The van der Waals surface area contributed by atoms with Gasteiger partial charge in [-0.25, -0.2) is 12.8 Å². The number of piperidine rings is 1. The SMILES string of the molecule is O=C(c1ccc(NS(=O)(=O)c2cccc3cccnc23)cc1F)N1CCC(O)(c2ccccc2Cl)CC1. The van der Waals surface area contributed by atoms with Gasteiger partial charge < -0.3 is 10.0 Å². The summed E-state index contributed by atoms with van der Waals surface area (Å²) in [6.07, 6.45) is 2.00. The number of rotatable bonds is 5. The molecule has 7 nitrogen and oxygen atoms in total. The third kappa shape index (κ3) is 4.90. The minimum atomic E-state index is -4.07. The molecular weight excluding hydrogens is 517 g/mol. The summed E-state index contributed by atoms with van der Waals surface area (Å²) >= 11 is 6.25. The molecule has 1 aliphatic rings. The Morgan fingerprint density at radius 1 is 1.03 bits per heavy atom. The van der Waals surface area contributed by atoms with Gasteiger partial charge in [0.2, 0.25) is 0 Å². The number of pyridine rings is 1. The van der Waals surface area contributed by atoms with Gasteiger partial charge in [0.05, 0.1) is 22.4 Å². The van der Waals surface area contributed by atoms with Gasteiger partial charge in [-0.15, -0.1) is 0 Å². The first-order valence-electron chi connectivity index (χ1n) is 11.6. The van der Waals surface area contributed by atoms with Crippen LogP contribution in [0.1, 0.15) is 28.8 Å². The molecule has 1 amide bonds. The molecule has 0 bridgehead atoms. The smallest absolute Gasteiger partial charge is 0.264 e. The number of anilines is 1. The van der Waals surface area contributed by atoms with Crippen LogP contribution in [-0.2, 0) is 15.6 Å². The zero-order valence-electron chi connectivity index (χ0n) is 19.6. The maximum Gasteiger partial charge on any atom is 0.264 e. The summed E-state index contributed by atoms with van der Waals surface area (Å²) < 4.78 is 43.4. The second kappa shape index (κ2) is 9.74. The molecule has 0 saturated carbocycles. The lowest BCUT2D eigenvalue weighted by molar-refractivity contribution is -0.0211. The maximum atomic E-state index is 15.0. The Balaban J connectivity index is 1.31. The van der Waals surface area contributed by atoms with Crippen molar-refractivity contribution in [2.75, 3.05) is 17.8 Å². The van der Waals surface area contributed by atoms with Crippen molar-refractivity contribution in [1.82, 2.24) is 9.88 Å². The van der Waals surface area contributed by atoms with E-state index in [2.05, 4.69) is 9.71 Å². The lowest BCUT2D eigenvalue weighted by Crippen LogP contribution is -2.45. The Morgan fingerprint density at radius 2 is 1.76 bits per heavy atom. The maximum absolute atomic E-state index is 15.0. The van der Waals surface area contributed by atoms with E-state index < -0.39 is 27.3 Å². The van der Waals surface area contributed by atoms with Gasteiger partial charge in [-0.05, 0) is 49.2 Å². The van der Waals surface area contributed by atoms with Gasteiger partial charge in [-0.1, -0.05) is 48.0 Å². The van der Waals surface area contributed by atoms with Crippen LogP contribution in [0.4, 0.5) is 10.1 Å². The number of carbonyl (C=O) groups is 1. The topological polar surface area (TPSA) is 99.6 Å². The highest BCUT2D eigenvalue weighted by Gasteiger charge is 2.37. The Kier molecular flexibility index (Phi) is 6.61. The third-order valence-corrected chi connectivity index (χ3v) is 8.33. The number of benzene rings is 3. The molecule has 1 saturated heterocycles. The van der Waals surface area contributed by atoms with Crippen molar-refractivity contribution < 1.29 is 22.7 Å². The summed E-state index contributed by atoms with van der Waals surface area (Å²) in [5.74, 6) is -1.39. The molecule has 1 fully saturated rings. The Labute approximate surface area is 218 Å². The van der Waals surface area contributed by atoms with E-state index in [4.69, 9.17) is 11.6 Å². The van der Waals surface area contributed by atoms with Crippen LogP contribution in [0.5, 0.6) is 0 Å². The number of halogens is 2. The number of hydrogen-bond acceptors (Lipinski definition) is 5. The molecule has 0 aliphatic carbocycles. The Morgan fingerprint density at radius 3 is 2.49 bits per heavy atom. The molecule has 3 aromatic carbocycles. The fourth-order valence-corrected chi connectivity index (χ4v) is 6.15. The predicted molar refractivity (Wildman–Crippen MR) is 139 cm³/mol. The van der Waals surface area contributed by atoms with E-state index in [0.29, 0.717) is 21.5 Å². The van der Waals surface area contributed by atoms with Crippen LogP contribution in [-0.4, -0.2) is 42.4 Å². The molecule has 0 unspecified atom stereocenters. The van der Waals surface area contributed by atoms with Gasteiger partial charge in [0.25, 0.3) is 15.9 Å². The van der Waals surface area contributed by atoms with Crippen molar-refractivity contribution in [3.05, 3.63) is 101 Å². The molecule has 0 radical (unpaired) electrons. The number of aliphatic hydroxyl groups is 1. The summed E-state index contributed by atoms with van der Waals surface area (Å²) in [6.45, 7) is 0.422. The fraction of sp³-hybridized carbons (Fsp3) is 0.185. The second-order valence-corrected chi connectivity index (χ2v) is 11.0. The normalized spacial score (nSPS) is 15.5. The number of nitrogens with one attached hydrogen (secondary N) is 1. The summed E-state index contributed by atoms with van der Waals surface area (Å²) in [6, 6.07) is 18.8. The minimum absolute atomic E-state index is 0.0197. The highest BCUT2D eigenvalue weighted by molar-refractivity contribution is 7.93. The largest absolute Gasteiger partial charge is 0.385 e. The fourth-order valence-electron chi connectivity index (χ4n) is 4.61. The molecule has 37 heavy (non-hydrogen) atoms. The van der Waals surface area contributed by atoms with E-state index in [1.54, 1.807) is 48.5 Å². The highest BCUT2D eigenvalue weighted by Crippen LogP contribution is 2.37. The number of aromatic nitrogens is 1. The molecule has 190 valence electrons. The monoisotopic (exact) mass is 539 g/mol. The van der Waals surface area contributed by atoms with Crippen molar-refractivity contribution in [3.8, 4) is 0 Å². The lowest BCUT2D eigenvalue weighted by Gasteiger charge is -2.39. The highest BCUT2D eigenvalue weighted by atomic mass is 35.5. The molecule has 4 aromatic rings. The number of amides is 1. The molecule has 10 heteroatoms. The van der Waals surface area contributed by atoms with E-state index in [1.807, 2.05) is 0 Å². The van der Waals surface area contributed by atoms with Gasteiger partial charge >= 0.3 is 0 Å². The quantitative estimate of drug-likeness (QED) is 0.374. The summed E-state index contributed by atoms with van der Waals surface area (Å²) in [4.78, 5) is 18.6. The Bertz CT molecular complexity index is 1600. The summed E-state index contributed by atoms with van der Waals surface area (Å²) in [5.41, 5.74) is -0.474. The van der Waals surface area contributed by atoms with Gasteiger partial charge in [0.15, 0.2) is 0 Å². The van der Waals surface area contributed by atoms with Crippen LogP contribution < -0.4 is 4.72 Å². The van der Waals surface area contributed by atoms with Crippen molar-refractivity contribution in [2.45, 2.75) is 23.3 Å². The average Bonchev–Trinajstić information content (AvgIpc) is 2.88. The van der Waals surface area contributed by atoms with E-state index in [9.17, 15) is 22.7 Å². The molecule has 5 rings (SSSR count). The number of fused-ring (bicyclic) bond motifs is 1. The summed E-state index contributed by atoms with van der Waals surface area (Å²) in [7, 11) is -4.07. The van der Waals surface area contributed by atoms with Gasteiger partial charge in [0.1, 0.15) is 10.7 Å². The molecule has 0 spiro atoms. The van der Waals surface area contributed by atoms with E-state index in [1.165, 1.54) is 29.3 Å². The van der Waals surface area contributed by atoms with Gasteiger partial charge in [0, 0.05) is 35.3 Å². The van der Waals surface area contributed by atoms with E-state index in [-0.39, 0.29) is 42.1 Å². The first kappa shape index (κ1) is 25.1. The number of nitrogens with zero attached hydrogens (tertiary/aromatic N) is 2. The zero-order chi connectivity index (χ0) is 26.2. The molecule has 2 N–H and O–H groups in total. The van der Waals surface area contributed by atoms with Crippen LogP contribution in [0, 0.1) is 5.82 Å². The molecular formula is C27H23ClFN3O4S. The zero-order valence-corrected chi connectivity index (χ0v) is 21.1. The first-order chi connectivity index (χ1) is 17.7. The second-order valence-electron chi connectivity index (χ2n) is 8.94. The average molecular weight is 540 g/mol. The summed E-state index contributed by atoms with van der Waals surface area (Å²) in [5, 5.41) is 12.2. The van der Waals surface area contributed by atoms with Gasteiger partial charge in [-0.3, -0.25) is 14.5 Å². The molecule has 2 heterocycles. The van der Waals surface area contributed by atoms with Crippen molar-refractivity contribution in [1.29, 1.82) is 0 Å². The standard InChI is InChI=1S/C27H23ClFN3O4S/c28-22-8-2-1-7-21(22)27(34)12-15-32(16-13-27)26(33)20-11-10-19(17-23(20)29)31-37(35,36)24-9-3-5-18-6-4-14-30-25(18)24/h1-11,14,17,31,34H,12-13,15-16H2. The third-order valence-electron chi connectivity index (χ3n) is 6.59. The lowest BCUT2D eigenvalue weighted by atomic mass is 9.84. The number of hydrogen-bond donors (Lipinski definition) is 2. The van der Waals surface area contributed by atoms with Crippen LogP contribution >= 0.6 is 11.6 Å². The predicted octanol–water partition coefficient (Wildman–Crippen LogP) is 4.95. The number of likely N-dealkylation sites (tertiary alicyclic amines) is 1. The number of carbonyl (C=O) groups excluding carboxylic acids is 1. The Hall–Kier alpha value is -3.53. The van der Waals surface area contributed by atoms with Crippen LogP contribution in [0.15, 0.2) is 83.9 Å². The van der Waals surface area contributed by atoms with Crippen LogP contribution in [0.25, 0.3) is 10.9 Å². The minimum Gasteiger partial charge on any atom is -0.385 e. The van der Waals surface area contributed by atoms with Crippen LogP contribution in [0.3, 0.4) is 0 Å². The van der Waals surface area contributed by atoms with Crippen molar-refractivity contribution in [2.24, 2.45) is 0 Å². The number of sulfonamides is 1. The van der Waals surface area contributed by atoms with E-state index >= 15 is 0 Å². The van der Waals surface area contributed by atoms with Crippen molar-refractivity contribution >= 4 is 44.1 Å². The van der Waals surface area contributed by atoms with Crippen LogP contribution in [0.2, 0.25) is 5.02 Å². The molecule has 0 atom stereocenters. The van der Waals surface area contributed by atoms with E-state index in [0.717, 1.165) is 6.07 Å². The van der Waals surface area contributed by atoms with Crippen molar-refractivity contribution in [3.63, 3.8) is 0 Å². The number of para-hydroxylation sites is 1. The first-order valence-corrected chi connectivity index (χ1v) is 13.5. The molecule has 1 aliphatic heterocycles. The van der Waals surface area contributed by atoms with Gasteiger partial charge in [-0.2, -0.15) is 0 Å².